The van der Waals surface area contributed by atoms with Gasteiger partial charge in [-0.15, -0.1) is 0 Å². The standard InChI is InChI=1S/C15H30BrN/c1-5-15(6-2,11-16)12-17(14-7-8-14)10-9-13(3)4/h13-14H,5-12H2,1-4H3. The van der Waals surface area contributed by atoms with Crippen LogP contribution in [0.3, 0.4) is 0 Å². The third-order valence-corrected chi connectivity index (χ3v) is 5.57. The minimum atomic E-state index is 0.500. The lowest BCUT2D eigenvalue weighted by molar-refractivity contribution is 0.145. The molecule has 0 aromatic rings. The SMILES string of the molecule is CCC(CC)(CBr)CN(CCC(C)C)C1CC1. The van der Waals surface area contributed by atoms with Gasteiger partial charge < -0.3 is 0 Å². The summed E-state index contributed by atoms with van der Waals surface area (Å²) in [6.07, 6.45) is 6.80. The maximum atomic E-state index is 3.74. The van der Waals surface area contributed by atoms with Crippen molar-refractivity contribution in [3.63, 3.8) is 0 Å². The van der Waals surface area contributed by atoms with E-state index >= 15 is 0 Å². The molecule has 17 heavy (non-hydrogen) atoms. The molecule has 2 heteroatoms. The van der Waals surface area contributed by atoms with Gasteiger partial charge in [-0.05, 0) is 50.0 Å². The molecule has 1 fully saturated rings. The Morgan fingerprint density at radius 2 is 1.82 bits per heavy atom. The zero-order valence-corrected chi connectivity index (χ0v) is 13.7. The second-order valence-electron chi connectivity index (χ2n) is 6.22. The van der Waals surface area contributed by atoms with E-state index in [2.05, 4.69) is 48.5 Å². The van der Waals surface area contributed by atoms with Gasteiger partial charge in [-0.25, -0.2) is 0 Å². The molecule has 0 N–H and O–H groups in total. The molecule has 1 rings (SSSR count). The lowest BCUT2D eigenvalue weighted by Gasteiger charge is -2.36. The molecule has 1 aliphatic carbocycles. The molecule has 0 aromatic heterocycles. The molecule has 0 atom stereocenters. The average Bonchev–Trinajstić information content (AvgIpc) is 3.14. The number of rotatable bonds is 9. The van der Waals surface area contributed by atoms with Crippen LogP contribution >= 0.6 is 15.9 Å². The van der Waals surface area contributed by atoms with Crippen LogP contribution in [-0.2, 0) is 0 Å². The van der Waals surface area contributed by atoms with Gasteiger partial charge in [-0.1, -0.05) is 43.6 Å². The van der Waals surface area contributed by atoms with E-state index in [9.17, 15) is 0 Å². The van der Waals surface area contributed by atoms with Crippen LogP contribution in [-0.4, -0.2) is 29.4 Å². The molecule has 1 nitrogen and oxygen atoms in total. The number of hydrogen-bond acceptors (Lipinski definition) is 1. The van der Waals surface area contributed by atoms with Crippen LogP contribution in [0, 0.1) is 11.3 Å². The highest BCUT2D eigenvalue weighted by Gasteiger charge is 2.35. The summed E-state index contributed by atoms with van der Waals surface area (Å²) in [4.78, 5) is 2.77. The van der Waals surface area contributed by atoms with Gasteiger partial charge in [0.1, 0.15) is 0 Å². The van der Waals surface area contributed by atoms with Gasteiger partial charge in [0.15, 0.2) is 0 Å². The van der Waals surface area contributed by atoms with Gasteiger partial charge in [0, 0.05) is 17.9 Å². The van der Waals surface area contributed by atoms with Crippen molar-refractivity contribution >= 4 is 15.9 Å². The highest BCUT2D eigenvalue weighted by atomic mass is 79.9. The molecule has 1 aliphatic rings. The quantitative estimate of drug-likeness (QED) is 0.558. The Hall–Kier alpha value is 0.440. The molecule has 1 saturated carbocycles. The fourth-order valence-corrected chi connectivity index (χ4v) is 3.36. The van der Waals surface area contributed by atoms with E-state index in [-0.39, 0.29) is 0 Å². The summed E-state index contributed by atoms with van der Waals surface area (Å²) in [6.45, 7) is 12.0. The summed E-state index contributed by atoms with van der Waals surface area (Å²) in [5.74, 6) is 0.831. The molecule has 0 aromatic carbocycles. The van der Waals surface area contributed by atoms with Crippen molar-refractivity contribution in [1.29, 1.82) is 0 Å². The van der Waals surface area contributed by atoms with Crippen LogP contribution in [0.1, 0.15) is 59.8 Å². The first-order chi connectivity index (χ1) is 8.06. The maximum Gasteiger partial charge on any atom is 0.01000 e. The Kier molecular flexibility index (Phi) is 6.50. The first kappa shape index (κ1) is 15.5. The smallest absolute Gasteiger partial charge is 0.01000 e. The second kappa shape index (κ2) is 7.13. The van der Waals surface area contributed by atoms with E-state index in [0.29, 0.717) is 5.41 Å². The molecule has 102 valence electrons. The molecule has 0 heterocycles. The molecule has 0 saturated heterocycles. The van der Waals surface area contributed by atoms with Gasteiger partial charge in [0.25, 0.3) is 0 Å². The van der Waals surface area contributed by atoms with Gasteiger partial charge >= 0.3 is 0 Å². The first-order valence-electron chi connectivity index (χ1n) is 7.37. The zero-order valence-electron chi connectivity index (χ0n) is 12.1. The van der Waals surface area contributed by atoms with Crippen molar-refractivity contribution in [3.05, 3.63) is 0 Å². The summed E-state index contributed by atoms with van der Waals surface area (Å²) in [6, 6.07) is 0.908. The normalized spacial score (nSPS) is 17.1. The Morgan fingerprint density at radius 3 is 2.18 bits per heavy atom. The lowest BCUT2D eigenvalue weighted by atomic mass is 9.84. The number of alkyl halides is 1. The Labute approximate surface area is 116 Å². The van der Waals surface area contributed by atoms with Gasteiger partial charge in [0.05, 0.1) is 0 Å². The zero-order chi connectivity index (χ0) is 12.9. The van der Waals surface area contributed by atoms with Gasteiger partial charge in [0.2, 0.25) is 0 Å². The molecular weight excluding hydrogens is 274 g/mol. The van der Waals surface area contributed by atoms with Crippen molar-refractivity contribution in [2.75, 3.05) is 18.4 Å². The van der Waals surface area contributed by atoms with E-state index < -0.39 is 0 Å². The van der Waals surface area contributed by atoms with Crippen molar-refractivity contribution < 1.29 is 0 Å². The van der Waals surface area contributed by atoms with Crippen LogP contribution in [0.15, 0.2) is 0 Å². The minimum Gasteiger partial charge on any atom is -0.300 e. The highest BCUT2D eigenvalue weighted by molar-refractivity contribution is 9.09. The number of hydrogen-bond donors (Lipinski definition) is 0. The molecule has 0 radical (unpaired) electrons. The second-order valence-corrected chi connectivity index (χ2v) is 6.79. The van der Waals surface area contributed by atoms with Crippen LogP contribution in [0.5, 0.6) is 0 Å². The number of halogens is 1. The summed E-state index contributed by atoms with van der Waals surface area (Å²) in [5.41, 5.74) is 0.500. The van der Waals surface area contributed by atoms with Gasteiger partial charge in [-0.2, -0.15) is 0 Å². The summed E-state index contributed by atoms with van der Waals surface area (Å²) in [5, 5.41) is 1.15. The van der Waals surface area contributed by atoms with E-state index in [0.717, 1.165) is 17.3 Å². The average molecular weight is 304 g/mol. The van der Waals surface area contributed by atoms with Crippen LogP contribution < -0.4 is 0 Å². The molecule has 0 bridgehead atoms. The van der Waals surface area contributed by atoms with Crippen LogP contribution in [0.2, 0.25) is 0 Å². The Morgan fingerprint density at radius 1 is 1.24 bits per heavy atom. The predicted molar refractivity (Wildman–Crippen MR) is 80.9 cm³/mol. The van der Waals surface area contributed by atoms with Crippen molar-refractivity contribution in [3.8, 4) is 0 Å². The van der Waals surface area contributed by atoms with E-state index in [1.807, 2.05) is 0 Å². The molecule has 0 amide bonds. The fraction of sp³-hybridized carbons (Fsp3) is 1.00. The molecule has 0 spiro atoms. The maximum absolute atomic E-state index is 3.74. The highest BCUT2D eigenvalue weighted by Crippen LogP contribution is 2.35. The summed E-state index contributed by atoms with van der Waals surface area (Å²) >= 11 is 3.74. The Bertz CT molecular complexity index is 199. The van der Waals surface area contributed by atoms with Crippen molar-refractivity contribution in [1.82, 2.24) is 4.90 Å². The Balaban J connectivity index is 2.52. The van der Waals surface area contributed by atoms with E-state index in [4.69, 9.17) is 0 Å². The number of nitrogens with zero attached hydrogens (tertiary/aromatic N) is 1. The van der Waals surface area contributed by atoms with Crippen LogP contribution in [0.4, 0.5) is 0 Å². The summed E-state index contributed by atoms with van der Waals surface area (Å²) in [7, 11) is 0. The molecule has 0 unspecified atom stereocenters. The fourth-order valence-electron chi connectivity index (χ4n) is 2.39. The monoisotopic (exact) mass is 303 g/mol. The summed E-state index contributed by atoms with van der Waals surface area (Å²) < 4.78 is 0. The minimum absolute atomic E-state index is 0.500. The van der Waals surface area contributed by atoms with Crippen molar-refractivity contribution in [2.24, 2.45) is 11.3 Å². The third kappa shape index (κ3) is 4.90. The molecule has 0 aliphatic heterocycles. The first-order valence-corrected chi connectivity index (χ1v) is 8.49. The topological polar surface area (TPSA) is 3.24 Å². The third-order valence-electron chi connectivity index (χ3n) is 4.38. The van der Waals surface area contributed by atoms with Crippen molar-refractivity contribution in [2.45, 2.75) is 65.8 Å². The van der Waals surface area contributed by atoms with Gasteiger partial charge in [-0.3, -0.25) is 4.90 Å². The van der Waals surface area contributed by atoms with E-state index in [1.165, 1.54) is 45.2 Å². The van der Waals surface area contributed by atoms with E-state index in [1.54, 1.807) is 0 Å². The predicted octanol–water partition coefficient (Wildman–Crippen LogP) is 4.70. The molecular formula is C15H30BrN. The largest absolute Gasteiger partial charge is 0.300 e. The van der Waals surface area contributed by atoms with Crippen LogP contribution in [0.25, 0.3) is 0 Å². The lowest BCUT2D eigenvalue weighted by Crippen LogP contribution is -2.40.